The molecule has 6 heteroatoms. The number of Topliss-reactive ketones (excluding diaryl/α,β-unsaturated/α-hetero) is 1. The third kappa shape index (κ3) is 2.42. The maximum atomic E-state index is 12.2. The number of ether oxygens (including phenoxy) is 1. The largest absolute Gasteiger partial charge is 0.482 e. The van der Waals surface area contributed by atoms with Crippen LogP contribution in [0.25, 0.3) is 0 Å². The lowest BCUT2D eigenvalue weighted by Gasteiger charge is -2.28. The first kappa shape index (κ1) is 13.1. The lowest BCUT2D eigenvalue weighted by molar-refractivity contribution is -0.121. The van der Waals surface area contributed by atoms with Gasteiger partial charge in [-0.05, 0) is 24.3 Å². The third-order valence-corrected chi connectivity index (χ3v) is 4.23. The molecular weight excluding hydrogens is 298 g/mol. The predicted molar refractivity (Wildman–Crippen MR) is 77.9 cm³/mol. The van der Waals surface area contributed by atoms with E-state index in [4.69, 9.17) is 16.3 Å². The number of carbonyl (C=O) groups is 2. The van der Waals surface area contributed by atoms with E-state index in [2.05, 4.69) is 0 Å². The minimum Gasteiger partial charge on any atom is -0.482 e. The van der Waals surface area contributed by atoms with Crippen molar-refractivity contribution in [3.63, 3.8) is 0 Å². The van der Waals surface area contributed by atoms with Crippen LogP contribution in [0.2, 0.25) is 4.34 Å². The van der Waals surface area contributed by atoms with E-state index >= 15 is 0 Å². The van der Waals surface area contributed by atoms with Crippen molar-refractivity contribution in [3.05, 3.63) is 45.6 Å². The Morgan fingerprint density at radius 2 is 2.10 bits per heavy atom. The maximum absolute atomic E-state index is 12.2. The summed E-state index contributed by atoms with van der Waals surface area (Å²) in [5, 5.41) is 0. The first-order valence-corrected chi connectivity index (χ1v) is 7.15. The number of rotatable bonds is 3. The number of anilines is 1. The van der Waals surface area contributed by atoms with Gasteiger partial charge in [0.1, 0.15) is 5.75 Å². The van der Waals surface area contributed by atoms with Gasteiger partial charge in [-0.3, -0.25) is 14.5 Å². The lowest BCUT2D eigenvalue weighted by atomic mass is 10.2. The number of benzene rings is 1. The van der Waals surface area contributed by atoms with Crippen molar-refractivity contribution in [2.45, 2.75) is 0 Å². The second-order valence-electron chi connectivity index (χ2n) is 4.26. The van der Waals surface area contributed by atoms with Gasteiger partial charge in [-0.25, -0.2) is 0 Å². The van der Waals surface area contributed by atoms with Crippen molar-refractivity contribution in [3.8, 4) is 5.75 Å². The number of para-hydroxylation sites is 2. The fourth-order valence-corrected chi connectivity index (χ4v) is 2.99. The molecule has 0 bridgehead atoms. The Morgan fingerprint density at radius 3 is 2.85 bits per heavy atom. The van der Waals surface area contributed by atoms with Crippen molar-refractivity contribution in [2.24, 2.45) is 0 Å². The number of ketones is 1. The van der Waals surface area contributed by atoms with Gasteiger partial charge in [0, 0.05) is 0 Å². The van der Waals surface area contributed by atoms with Crippen LogP contribution in [-0.2, 0) is 4.79 Å². The van der Waals surface area contributed by atoms with E-state index in [0.29, 0.717) is 20.7 Å². The van der Waals surface area contributed by atoms with E-state index in [0.717, 1.165) is 0 Å². The molecule has 2 aromatic rings. The quantitative estimate of drug-likeness (QED) is 0.819. The first-order chi connectivity index (χ1) is 9.65. The topological polar surface area (TPSA) is 46.6 Å². The summed E-state index contributed by atoms with van der Waals surface area (Å²) in [6.07, 6.45) is 0. The summed E-state index contributed by atoms with van der Waals surface area (Å²) >= 11 is 7.04. The number of carbonyl (C=O) groups excluding carboxylic acids is 2. The Morgan fingerprint density at radius 1 is 1.30 bits per heavy atom. The molecule has 2 heterocycles. The molecule has 0 N–H and O–H groups in total. The fraction of sp³-hybridized carbons (Fsp3) is 0.143. The number of halogens is 1. The molecule has 0 saturated heterocycles. The number of amides is 1. The number of fused-ring (bicyclic) bond motifs is 1. The lowest BCUT2D eigenvalue weighted by Crippen LogP contribution is -2.41. The van der Waals surface area contributed by atoms with E-state index in [1.807, 2.05) is 6.07 Å². The molecule has 102 valence electrons. The minimum absolute atomic E-state index is 0.00392. The molecule has 0 aliphatic carbocycles. The van der Waals surface area contributed by atoms with E-state index in [1.165, 1.54) is 16.2 Å². The van der Waals surface area contributed by atoms with Crippen LogP contribution in [0.5, 0.6) is 5.75 Å². The normalized spacial score (nSPS) is 13.8. The fourth-order valence-electron chi connectivity index (χ4n) is 2.01. The van der Waals surface area contributed by atoms with E-state index in [9.17, 15) is 9.59 Å². The Kier molecular flexibility index (Phi) is 3.46. The highest BCUT2D eigenvalue weighted by Crippen LogP contribution is 2.32. The Balaban J connectivity index is 1.87. The summed E-state index contributed by atoms with van der Waals surface area (Å²) in [6, 6.07) is 10.5. The summed E-state index contributed by atoms with van der Waals surface area (Å²) in [5.74, 6) is 0.260. The third-order valence-electron chi connectivity index (χ3n) is 2.96. The monoisotopic (exact) mass is 307 g/mol. The molecule has 0 spiro atoms. The molecule has 3 rings (SSSR count). The molecule has 1 aromatic heterocycles. The van der Waals surface area contributed by atoms with Gasteiger partial charge in [-0.2, -0.15) is 0 Å². The summed E-state index contributed by atoms with van der Waals surface area (Å²) in [7, 11) is 0. The maximum Gasteiger partial charge on any atom is 0.265 e. The number of thiophene rings is 1. The molecule has 0 unspecified atom stereocenters. The standard InChI is InChI=1S/C14H10ClNO3S/c15-13-6-5-12(20-13)10(17)7-16-9-3-1-2-4-11(9)19-8-14(16)18/h1-6H,7-8H2. The van der Waals surface area contributed by atoms with Gasteiger partial charge in [0.2, 0.25) is 0 Å². The highest BCUT2D eigenvalue weighted by molar-refractivity contribution is 7.18. The molecule has 0 saturated carbocycles. The zero-order valence-corrected chi connectivity index (χ0v) is 11.9. The second kappa shape index (κ2) is 5.26. The van der Waals surface area contributed by atoms with Gasteiger partial charge in [-0.15, -0.1) is 11.3 Å². The number of hydrogen-bond donors (Lipinski definition) is 0. The van der Waals surface area contributed by atoms with Gasteiger partial charge in [0.25, 0.3) is 5.91 Å². The van der Waals surface area contributed by atoms with Crippen LogP contribution in [0.3, 0.4) is 0 Å². The van der Waals surface area contributed by atoms with Crippen molar-refractivity contribution in [1.82, 2.24) is 0 Å². The minimum atomic E-state index is -0.222. The predicted octanol–water partition coefficient (Wildman–Crippen LogP) is 3.01. The van der Waals surface area contributed by atoms with Crippen LogP contribution in [0.1, 0.15) is 9.67 Å². The molecule has 0 atom stereocenters. The van der Waals surface area contributed by atoms with Gasteiger partial charge < -0.3 is 4.74 Å². The molecule has 20 heavy (non-hydrogen) atoms. The summed E-state index contributed by atoms with van der Waals surface area (Å²) in [6.45, 7) is -0.0501. The Bertz CT molecular complexity index is 683. The van der Waals surface area contributed by atoms with Gasteiger partial charge in [0.15, 0.2) is 12.4 Å². The first-order valence-electron chi connectivity index (χ1n) is 5.96. The smallest absolute Gasteiger partial charge is 0.265 e. The molecule has 0 radical (unpaired) electrons. The van der Waals surface area contributed by atoms with Crippen molar-refractivity contribution < 1.29 is 14.3 Å². The van der Waals surface area contributed by atoms with Crippen molar-refractivity contribution >= 4 is 40.3 Å². The van der Waals surface area contributed by atoms with Crippen LogP contribution in [0.15, 0.2) is 36.4 Å². The molecule has 1 aromatic carbocycles. The van der Waals surface area contributed by atoms with Crippen molar-refractivity contribution in [1.29, 1.82) is 0 Å². The Labute approximate surface area is 124 Å². The van der Waals surface area contributed by atoms with Gasteiger partial charge in [-0.1, -0.05) is 23.7 Å². The van der Waals surface area contributed by atoms with E-state index in [1.54, 1.807) is 30.3 Å². The SMILES string of the molecule is O=C(CN1C(=O)COc2ccccc21)c1ccc(Cl)s1. The van der Waals surface area contributed by atoms with Crippen LogP contribution in [-0.4, -0.2) is 24.8 Å². The van der Waals surface area contributed by atoms with E-state index in [-0.39, 0.29) is 24.8 Å². The molecule has 0 fully saturated rings. The average molecular weight is 308 g/mol. The van der Waals surface area contributed by atoms with E-state index < -0.39 is 0 Å². The van der Waals surface area contributed by atoms with Gasteiger partial charge >= 0.3 is 0 Å². The highest BCUT2D eigenvalue weighted by Gasteiger charge is 2.27. The summed E-state index contributed by atoms with van der Waals surface area (Å²) in [4.78, 5) is 26.2. The van der Waals surface area contributed by atoms with Gasteiger partial charge in [0.05, 0.1) is 21.4 Å². The van der Waals surface area contributed by atoms with Crippen LogP contribution < -0.4 is 9.64 Å². The molecular formula is C14H10ClNO3S. The van der Waals surface area contributed by atoms with Crippen LogP contribution >= 0.6 is 22.9 Å². The number of nitrogens with zero attached hydrogens (tertiary/aromatic N) is 1. The average Bonchev–Trinajstić information content (AvgIpc) is 2.89. The molecule has 4 nitrogen and oxygen atoms in total. The second-order valence-corrected chi connectivity index (χ2v) is 5.98. The number of hydrogen-bond acceptors (Lipinski definition) is 4. The Hall–Kier alpha value is -1.85. The zero-order valence-electron chi connectivity index (χ0n) is 10.3. The molecule has 1 aliphatic rings. The zero-order chi connectivity index (χ0) is 14.1. The van der Waals surface area contributed by atoms with Crippen molar-refractivity contribution in [2.75, 3.05) is 18.1 Å². The molecule has 1 amide bonds. The molecule has 1 aliphatic heterocycles. The van der Waals surface area contributed by atoms with Crippen LogP contribution in [0.4, 0.5) is 5.69 Å². The summed E-state index contributed by atoms with van der Waals surface area (Å²) < 4.78 is 5.89. The summed E-state index contributed by atoms with van der Waals surface area (Å²) in [5.41, 5.74) is 0.625. The highest BCUT2D eigenvalue weighted by atomic mass is 35.5. The van der Waals surface area contributed by atoms with Crippen LogP contribution in [0, 0.1) is 0 Å².